The van der Waals surface area contributed by atoms with Crippen LogP contribution in [0.15, 0.2) is 12.1 Å². The molecule has 1 atom stereocenters. The Morgan fingerprint density at radius 3 is 2.00 bits per heavy atom. The van der Waals surface area contributed by atoms with Crippen LogP contribution in [0.4, 0.5) is 0 Å². The Morgan fingerprint density at radius 2 is 1.62 bits per heavy atom. The number of halogens is 4. The van der Waals surface area contributed by atoms with Crippen LogP contribution < -0.4 is 0 Å². The summed E-state index contributed by atoms with van der Waals surface area (Å²) in [6, 6.07) is 3.49. The van der Waals surface area contributed by atoms with Crippen molar-refractivity contribution in [1.29, 1.82) is 0 Å². The van der Waals surface area contributed by atoms with Crippen molar-refractivity contribution < 1.29 is 4.48 Å². The zero-order valence-corrected chi connectivity index (χ0v) is 16.7. The Morgan fingerprint density at radius 1 is 1.14 bits per heavy atom. The molecule has 1 nitrogen and oxygen atoms in total. The van der Waals surface area contributed by atoms with Gasteiger partial charge in [0.05, 0.1) is 23.1 Å². The first-order chi connectivity index (χ1) is 9.90. The Bertz CT molecular complexity index is 496. The van der Waals surface area contributed by atoms with Gasteiger partial charge in [0, 0.05) is 33.2 Å². The first-order valence-corrected chi connectivity index (χ1v) is 9.37. The Kier molecular flexibility index (Phi) is 8.16. The van der Waals surface area contributed by atoms with Crippen molar-refractivity contribution in [3.05, 3.63) is 32.8 Å². The summed E-state index contributed by atoms with van der Waals surface area (Å²) in [6.07, 6.45) is 7.83. The first-order valence-electron chi connectivity index (χ1n) is 6.99. The molecular formula is C16H20Cl3IN+. The van der Waals surface area contributed by atoms with Crippen molar-refractivity contribution in [2.45, 2.75) is 37.3 Å². The van der Waals surface area contributed by atoms with Gasteiger partial charge < -0.3 is 0 Å². The van der Waals surface area contributed by atoms with Gasteiger partial charge in [-0.3, -0.25) is 4.48 Å². The van der Waals surface area contributed by atoms with E-state index in [2.05, 4.69) is 42.4 Å². The number of rotatable bonds is 7. The van der Waals surface area contributed by atoms with Gasteiger partial charge in [-0.15, -0.1) is 6.42 Å². The van der Waals surface area contributed by atoms with E-state index >= 15 is 0 Å². The maximum Gasteiger partial charge on any atom is 0.200 e. The maximum atomic E-state index is 6.36. The molecule has 0 spiro atoms. The summed E-state index contributed by atoms with van der Waals surface area (Å²) in [5, 5.41) is 1.78. The van der Waals surface area contributed by atoms with E-state index in [1.165, 1.54) is 0 Å². The standard InChI is InChI=1S/C16H20Cl3IN/c1-4-7-21(8-5-2,16(20)6-3)11-13-14(18)9-12(17)10-15(13)19/h3,9-10,16H,4-5,7-8,11H2,1-2H3/q+1. The van der Waals surface area contributed by atoms with Crippen LogP contribution >= 0.6 is 57.4 Å². The summed E-state index contributed by atoms with van der Waals surface area (Å²) < 4.78 is 0.885. The van der Waals surface area contributed by atoms with E-state index in [4.69, 9.17) is 41.2 Å². The van der Waals surface area contributed by atoms with Crippen molar-refractivity contribution in [2.75, 3.05) is 13.1 Å². The molecule has 21 heavy (non-hydrogen) atoms. The van der Waals surface area contributed by atoms with Crippen molar-refractivity contribution in [3.8, 4) is 12.3 Å². The molecule has 0 N–H and O–H groups in total. The first kappa shape index (κ1) is 19.4. The van der Waals surface area contributed by atoms with Gasteiger partial charge in [-0.1, -0.05) is 48.7 Å². The molecule has 0 saturated heterocycles. The molecule has 0 bridgehead atoms. The monoisotopic (exact) mass is 458 g/mol. The predicted octanol–water partition coefficient (Wildman–Crippen LogP) is 6.18. The highest BCUT2D eigenvalue weighted by molar-refractivity contribution is 14.1. The lowest BCUT2D eigenvalue weighted by atomic mass is 10.1. The Hall–Kier alpha value is 0.340. The largest absolute Gasteiger partial charge is 0.299 e. The number of terminal acetylenes is 1. The number of hydrogen-bond acceptors (Lipinski definition) is 0. The molecule has 0 aliphatic rings. The second-order valence-electron chi connectivity index (χ2n) is 5.17. The molecule has 0 aliphatic carbocycles. The molecule has 0 radical (unpaired) electrons. The summed E-state index contributed by atoms with van der Waals surface area (Å²) in [7, 11) is 0. The smallest absolute Gasteiger partial charge is 0.200 e. The van der Waals surface area contributed by atoms with E-state index in [-0.39, 0.29) is 4.05 Å². The highest BCUT2D eigenvalue weighted by atomic mass is 127. The second-order valence-corrected chi connectivity index (χ2v) is 7.61. The van der Waals surface area contributed by atoms with Gasteiger partial charge >= 0.3 is 0 Å². The summed E-state index contributed by atoms with van der Waals surface area (Å²) in [4.78, 5) is 0. The van der Waals surface area contributed by atoms with Crippen molar-refractivity contribution in [2.24, 2.45) is 0 Å². The van der Waals surface area contributed by atoms with Crippen molar-refractivity contribution in [1.82, 2.24) is 0 Å². The van der Waals surface area contributed by atoms with Gasteiger partial charge in [0.2, 0.25) is 4.05 Å². The molecule has 116 valence electrons. The van der Waals surface area contributed by atoms with Gasteiger partial charge in [-0.25, -0.2) is 0 Å². The molecular weight excluding hydrogens is 439 g/mol. The Balaban J connectivity index is 3.26. The van der Waals surface area contributed by atoms with E-state index < -0.39 is 0 Å². The quantitative estimate of drug-likeness (QED) is 0.150. The highest BCUT2D eigenvalue weighted by Gasteiger charge is 2.34. The van der Waals surface area contributed by atoms with Gasteiger partial charge in [-0.2, -0.15) is 0 Å². The fourth-order valence-electron chi connectivity index (χ4n) is 2.66. The SMILES string of the molecule is C#CC(I)[N+](CCC)(CCC)Cc1c(Cl)cc(Cl)cc1Cl. The van der Waals surface area contributed by atoms with Crippen LogP contribution in [0.1, 0.15) is 32.3 Å². The molecule has 1 aromatic carbocycles. The third kappa shape index (κ3) is 4.91. The molecule has 1 aromatic rings. The van der Waals surface area contributed by atoms with Crippen LogP contribution in [0, 0.1) is 12.3 Å². The Labute approximate surface area is 156 Å². The van der Waals surface area contributed by atoms with E-state index in [0.717, 1.165) is 42.5 Å². The fraction of sp³-hybridized carbons (Fsp3) is 0.500. The number of quaternary nitrogens is 1. The van der Waals surface area contributed by atoms with Crippen LogP contribution in [-0.2, 0) is 6.54 Å². The van der Waals surface area contributed by atoms with Crippen LogP contribution in [-0.4, -0.2) is 21.6 Å². The fourth-order valence-corrected chi connectivity index (χ4v) is 4.35. The predicted molar refractivity (Wildman–Crippen MR) is 102 cm³/mol. The molecule has 1 unspecified atom stereocenters. The third-order valence-electron chi connectivity index (χ3n) is 3.54. The van der Waals surface area contributed by atoms with Gasteiger partial charge in [0.15, 0.2) is 0 Å². The minimum absolute atomic E-state index is 0.0883. The van der Waals surface area contributed by atoms with Gasteiger partial charge in [-0.05, 0) is 30.9 Å². The molecule has 0 heterocycles. The van der Waals surface area contributed by atoms with Gasteiger partial charge in [0.1, 0.15) is 6.54 Å². The highest BCUT2D eigenvalue weighted by Crippen LogP contribution is 2.34. The molecule has 0 aliphatic heterocycles. The lowest BCUT2D eigenvalue weighted by molar-refractivity contribution is -0.940. The third-order valence-corrected chi connectivity index (χ3v) is 5.97. The zero-order chi connectivity index (χ0) is 16.0. The van der Waals surface area contributed by atoms with E-state index in [0.29, 0.717) is 15.1 Å². The molecule has 0 aromatic heterocycles. The average molecular weight is 460 g/mol. The summed E-state index contributed by atoms with van der Waals surface area (Å²) in [5.41, 5.74) is 0.932. The number of alkyl halides is 1. The van der Waals surface area contributed by atoms with E-state index in [9.17, 15) is 0 Å². The van der Waals surface area contributed by atoms with Crippen LogP contribution in [0.3, 0.4) is 0 Å². The lowest BCUT2D eigenvalue weighted by Gasteiger charge is -2.41. The number of hydrogen-bond donors (Lipinski definition) is 0. The zero-order valence-electron chi connectivity index (χ0n) is 12.3. The van der Waals surface area contributed by atoms with Gasteiger partial charge in [0.25, 0.3) is 0 Å². The molecule has 1 rings (SSSR count). The summed E-state index contributed by atoms with van der Waals surface area (Å²) in [5.74, 6) is 2.89. The molecule has 0 saturated carbocycles. The molecule has 0 amide bonds. The minimum Gasteiger partial charge on any atom is -0.299 e. The van der Waals surface area contributed by atoms with Crippen LogP contribution in [0.2, 0.25) is 15.1 Å². The molecule has 0 fully saturated rings. The van der Waals surface area contributed by atoms with Crippen molar-refractivity contribution >= 4 is 57.4 Å². The second kappa shape index (κ2) is 8.84. The number of nitrogens with zero attached hydrogens (tertiary/aromatic N) is 1. The maximum absolute atomic E-state index is 6.36. The van der Waals surface area contributed by atoms with Crippen molar-refractivity contribution in [3.63, 3.8) is 0 Å². The number of benzene rings is 1. The van der Waals surface area contributed by atoms with E-state index in [1.807, 2.05) is 0 Å². The van der Waals surface area contributed by atoms with Crippen LogP contribution in [0.5, 0.6) is 0 Å². The van der Waals surface area contributed by atoms with E-state index in [1.54, 1.807) is 12.1 Å². The summed E-state index contributed by atoms with van der Waals surface area (Å²) in [6.45, 7) is 7.08. The normalized spacial score (nSPS) is 13.0. The topological polar surface area (TPSA) is 0 Å². The van der Waals surface area contributed by atoms with Crippen LogP contribution in [0.25, 0.3) is 0 Å². The minimum atomic E-state index is 0.0883. The molecule has 5 heteroatoms. The summed E-state index contributed by atoms with van der Waals surface area (Å²) >= 11 is 21.1. The average Bonchev–Trinajstić information content (AvgIpc) is 2.42. The lowest BCUT2D eigenvalue weighted by Crippen LogP contribution is -2.52.